The lowest BCUT2D eigenvalue weighted by molar-refractivity contribution is -0.169. The molecule has 1 aliphatic rings. The second-order valence-corrected chi connectivity index (χ2v) is 3.20. The van der Waals surface area contributed by atoms with Crippen LogP contribution in [0.25, 0.3) is 0 Å². The fourth-order valence-corrected chi connectivity index (χ4v) is 1.42. The van der Waals surface area contributed by atoms with E-state index in [0.29, 0.717) is 18.6 Å². The van der Waals surface area contributed by atoms with Crippen molar-refractivity contribution in [2.24, 2.45) is 0 Å². The molecule has 14 heavy (non-hydrogen) atoms. The van der Waals surface area contributed by atoms with Crippen molar-refractivity contribution in [2.75, 3.05) is 7.11 Å². The number of ether oxygens (including phenoxy) is 3. The maximum atomic E-state index is 11.3. The van der Waals surface area contributed by atoms with E-state index in [-0.39, 0.29) is 5.76 Å². The molecular weight excluding hydrogens is 184 g/mol. The molecule has 0 unspecified atom stereocenters. The predicted octanol–water partition coefficient (Wildman–Crippen LogP) is 1.95. The summed E-state index contributed by atoms with van der Waals surface area (Å²) in [6.07, 6.45) is 1.39. The summed E-state index contributed by atoms with van der Waals surface area (Å²) in [5, 5.41) is 0. The molecule has 0 radical (unpaired) electrons. The summed E-state index contributed by atoms with van der Waals surface area (Å²) in [7, 11) is 1.32. The molecule has 0 aromatic heterocycles. The number of esters is 1. The van der Waals surface area contributed by atoms with Crippen molar-refractivity contribution in [3.63, 3.8) is 0 Å². The standard InChI is InChI=1S/C10H16O4/c1-5-10(6-2)13-7(3)8(14-10)9(11)12-4/h5-6H2,1-4H3. The van der Waals surface area contributed by atoms with Gasteiger partial charge in [-0.3, -0.25) is 0 Å². The topological polar surface area (TPSA) is 44.8 Å². The van der Waals surface area contributed by atoms with Gasteiger partial charge in [0.25, 0.3) is 5.79 Å². The van der Waals surface area contributed by atoms with Crippen LogP contribution in [0, 0.1) is 0 Å². The minimum atomic E-state index is -0.673. The van der Waals surface area contributed by atoms with Crippen LogP contribution >= 0.6 is 0 Å². The number of hydrogen-bond acceptors (Lipinski definition) is 4. The normalized spacial score (nSPS) is 18.9. The predicted molar refractivity (Wildman–Crippen MR) is 50.2 cm³/mol. The first-order valence-electron chi connectivity index (χ1n) is 4.75. The van der Waals surface area contributed by atoms with Crippen molar-refractivity contribution in [1.82, 2.24) is 0 Å². The maximum Gasteiger partial charge on any atom is 0.377 e. The number of rotatable bonds is 3. The van der Waals surface area contributed by atoms with Crippen LogP contribution in [0.4, 0.5) is 0 Å². The Morgan fingerprint density at radius 3 is 2.29 bits per heavy atom. The number of methoxy groups -OCH3 is 1. The Labute approximate surface area is 83.8 Å². The van der Waals surface area contributed by atoms with Gasteiger partial charge in [0.15, 0.2) is 0 Å². The smallest absolute Gasteiger partial charge is 0.377 e. The van der Waals surface area contributed by atoms with Crippen molar-refractivity contribution in [2.45, 2.75) is 39.4 Å². The molecule has 0 bridgehead atoms. The van der Waals surface area contributed by atoms with Gasteiger partial charge in [0.1, 0.15) is 5.76 Å². The van der Waals surface area contributed by atoms with E-state index in [1.165, 1.54) is 7.11 Å². The van der Waals surface area contributed by atoms with Gasteiger partial charge < -0.3 is 14.2 Å². The number of hydrogen-bond donors (Lipinski definition) is 0. The molecule has 0 N–H and O–H groups in total. The fourth-order valence-electron chi connectivity index (χ4n) is 1.42. The van der Waals surface area contributed by atoms with Gasteiger partial charge in [0.05, 0.1) is 7.11 Å². The second kappa shape index (κ2) is 3.90. The molecule has 0 amide bonds. The monoisotopic (exact) mass is 200 g/mol. The van der Waals surface area contributed by atoms with Gasteiger partial charge in [-0.1, -0.05) is 13.8 Å². The number of allylic oxidation sites excluding steroid dienone is 1. The molecule has 1 aliphatic heterocycles. The second-order valence-electron chi connectivity index (χ2n) is 3.20. The van der Waals surface area contributed by atoms with Gasteiger partial charge in [-0.15, -0.1) is 0 Å². The Morgan fingerprint density at radius 1 is 1.36 bits per heavy atom. The van der Waals surface area contributed by atoms with Gasteiger partial charge in [0, 0.05) is 12.8 Å². The van der Waals surface area contributed by atoms with E-state index >= 15 is 0 Å². The zero-order valence-corrected chi connectivity index (χ0v) is 9.05. The summed E-state index contributed by atoms with van der Waals surface area (Å²) < 4.78 is 15.6. The maximum absolute atomic E-state index is 11.3. The van der Waals surface area contributed by atoms with Crippen LogP contribution < -0.4 is 0 Å². The SMILES string of the molecule is CCC1(CC)OC(C)=C(C(=O)OC)O1. The summed E-state index contributed by atoms with van der Waals surface area (Å²) in [5.41, 5.74) is 0. The summed E-state index contributed by atoms with van der Waals surface area (Å²) in [6, 6.07) is 0. The highest BCUT2D eigenvalue weighted by atomic mass is 16.7. The van der Waals surface area contributed by atoms with Crippen molar-refractivity contribution in [1.29, 1.82) is 0 Å². The average Bonchev–Trinajstić information content (AvgIpc) is 2.55. The molecule has 0 atom stereocenters. The lowest BCUT2D eigenvalue weighted by atomic mass is 10.1. The van der Waals surface area contributed by atoms with E-state index in [9.17, 15) is 4.79 Å². The summed E-state index contributed by atoms with van der Waals surface area (Å²) >= 11 is 0. The van der Waals surface area contributed by atoms with Crippen molar-refractivity contribution in [3.05, 3.63) is 11.5 Å². The molecule has 0 saturated carbocycles. The van der Waals surface area contributed by atoms with Crippen molar-refractivity contribution in [3.8, 4) is 0 Å². The third kappa shape index (κ3) is 1.69. The van der Waals surface area contributed by atoms with Gasteiger partial charge in [-0.05, 0) is 6.92 Å². The van der Waals surface area contributed by atoms with E-state index in [4.69, 9.17) is 9.47 Å². The van der Waals surface area contributed by atoms with Crippen LogP contribution in [0.2, 0.25) is 0 Å². The highest BCUT2D eigenvalue weighted by molar-refractivity contribution is 5.87. The third-order valence-electron chi connectivity index (χ3n) is 2.40. The quantitative estimate of drug-likeness (QED) is 0.653. The van der Waals surface area contributed by atoms with Crippen LogP contribution in [0.3, 0.4) is 0 Å². The molecule has 1 rings (SSSR count). The summed E-state index contributed by atoms with van der Waals surface area (Å²) in [4.78, 5) is 11.3. The van der Waals surface area contributed by atoms with E-state index in [2.05, 4.69) is 4.74 Å². The average molecular weight is 200 g/mol. The zero-order valence-electron chi connectivity index (χ0n) is 9.05. The Balaban J connectivity index is 2.82. The van der Waals surface area contributed by atoms with Gasteiger partial charge in [0.2, 0.25) is 5.76 Å². The van der Waals surface area contributed by atoms with E-state index in [1.807, 2.05) is 13.8 Å². The van der Waals surface area contributed by atoms with E-state index in [1.54, 1.807) is 6.92 Å². The first kappa shape index (κ1) is 10.9. The number of carbonyl (C=O) groups is 1. The minimum absolute atomic E-state index is 0.191. The Morgan fingerprint density at radius 2 is 1.93 bits per heavy atom. The van der Waals surface area contributed by atoms with Crippen LogP contribution in [0.1, 0.15) is 33.6 Å². The third-order valence-corrected chi connectivity index (χ3v) is 2.40. The molecule has 80 valence electrons. The van der Waals surface area contributed by atoms with Gasteiger partial charge in [-0.2, -0.15) is 0 Å². The zero-order chi connectivity index (χ0) is 10.8. The fraction of sp³-hybridized carbons (Fsp3) is 0.700. The molecule has 0 aliphatic carbocycles. The Kier molecular flexibility index (Phi) is 3.03. The summed E-state index contributed by atoms with van der Waals surface area (Å²) in [5.74, 6) is -0.462. The summed E-state index contributed by atoms with van der Waals surface area (Å²) in [6.45, 7) is 5.62. The van der Waals surface area contributed by atoms with Crippen LogP contribution in [-0.4, -0.2) is 18.9 Å². The van der Waals surface area contributed by atoms with Crippen LogP contribution in [0.5, 0.6) is 0 Å². The molecule has 1 heterocycles. The van der Waals surface area contributed by atoms with E-state index in [0.717, 1.165) is 0 Å². The molecule has 0 fully saturated rings. The molecule has 0 aromatic rings. The van der Waals surface area contributed by atoms with Crippen molar-refractivity contribution < 1.29 is 19.0 Å². The first-order chi connectivity index (χ1) is 6.58. The molecule has 0 aromatic carbocycles. The Bertz CT molecular complexity index is 263. The van der Waals surface area contributed by atoms with Crippen molar-refractivity contribution >= 4 is 5.97 Å². The lowest BCUT2D eigenvalue weighted by Gasteiger charge is -2.25. The Hall–Kier alpha value is -1.19. The first-order valence-corrected chi connectivity index (χ1v) is 4.75. The van der Waals surface area contributed by atoms with Crippen LogP contribution in [0.15, 0.2) is 11.5 Å². The highest BCUT2D eigenvalue weighted by Gasteiger charge is 2.41. The molecule has 4 heteroatoms. The lowest BCUT2D eigenvalue weighted by Crippen LogP contribution is -2.29. The van der Waals surface area contributed by atoms with E-state index < -0.39 is 11.8 Å². The minimum Gasteiger partial charge on any atom is -0.463 e. The van der Waals surface area contributed by atoms with Gasteiger partial charge in [-0.25, -0.2) is 4.79 Å². The highest BCUT2D eigenvalue weighted by Crippen LogP contribution is 2.36. The molecular formula is C10H16O4. The number of carbonyl (C=O) groups excluding carboxylic acids is 1. The molecule has 0 spiro atoms. The molecule has 0 saturated heterocycles. The molecule has 4 nitrogen and oxygen atoms in total. The van der Waals surface area contributed by atoms with Gasteiger partial charge >= 0.3 is 5.97 Å². The largest absolute Gasteiger partial charge is 0.463 e. The van der Waals surface area contributed by atoms with Crippen LogP contribution in [-0.2, 0) is 19.0 Å².